The summed E-state index contributed by atoms with van der Waals surface area (Å²) in [6, 6.07) is 7.73. The fraction of sp³-hybridized carbons (Fsp3) is 0.400. The number of hydrogen-bond donors (Lipinski definition) is 2. The van der Waals surface area contributed by atoms with Gasteiger partial charge in [0, 0.05) is 37.8 Å². The van der Waals surface area contributed by atoms with Crippen molar-refractivity contribution in [1.29, 1.82) is 0 Å². The van der Waals surface area contributed by atoms with E-state index in [1.807, 2.05) is 40.7 Å². The zero-order valence-electron chi connectivity index (χ0n) is 16.3. The number of amides is 2. The molecule has 0 aromatic carbocycles. The summed E-state index contributed by atoms with van der Waals surface area (Å²) in [7, 11) is 0. The van der Waals surface area contributed by atoms with Crippen LogP contribution in [0.2, 0.25) is 0 Å². The van der Waals surface area contributed by atoms with Gasteiger partial charge in [-0.05, 0) is 35.9 Å². The van der Waals surface area contributed by atoms with Gasteiger partial charge in [-0.1, -0.05) is 12.1 Å². The van der Waals surface area contributed by atoms with Crippen LogP contribution in [0, 0.1) is 0 Å². The summed E-state index contributed by atoms with van der Waals surface area (Å²) in [5.74, 6) is -2.42. The van der Waals surface area contributed by atoms with Crippen LogP contribution in [-0.4, -0.2) is 57.6 Å². The quantitative estimate of drug-likeness (QED) is 0.725. The normalized spacial score (nSPS) is 20.0. The standard InChI is InChI=1S/C18H19N3O2S.C2HF3O2/c22-16-11-14(13-3-1-7-19-12-13)18(20-16)5-8-21(9-6-18)17(23)15-4-2-10-24-15;3-2(4,5)1(6)7/h1-4,7,10,12,14H,5-6,8-9,11H2,(H,20,22);(H,6,7). The highest BCUT2D eigenvalue weighted by Crippen LogP contribution is 2.43. The first-order valence-electron chi connectivity index (χ1n) is 9.46. The highest BCUT2D eigenvalue weighted by molar-refractivity contribution is 7.12. The zero-order chi connectivity index (χ0) is 22.6. The van der Waals surface area contributed by atoms with Crippen LogP contribution in [0.4, 0.5) is 13.2 Å². The first kappa shape index (κ1) is 22.7. The molecule has 0 radical (unpaired) electrons. The molecule has 2 aliphatic heterocycles. The lowest BCUT2D eigenvalue weighted by atomic mass is 9.74. The highest BCUT2D eigenvalue weighted by atomic mass is 32.1. The van der Waals surface area contributed by atoms with E-state index in [4.69, 9.17) is 9.90 Å². The van der Waals surface area contributed by atoms with E-state index in [2.05, 4.69) is 10.3 Å². The number of alkyl halides is 3. The van der Waals surface area contributed by atoms with Crippen LogP contribution in [0.15, 0.2) is 42.0 Å². The molecule has 2 aromatic heterocycles. The SMILES string of the molecule is O=C(O)C(F)(F)F.O=C1CC(c2cccnc2)C2(CCN(C(=O)c3cccs3)CC2)N1. The largest absolute Gasteiger partial charge is 0.490 e. The van der Waals surface area contributed by atoms with Gasteiger partial charge >= 0.3 is 12.1 Å². The number of pyridine rings is 1. The van der Waals surface area contributed by atoms with E-state index in [0.29, 0.717) is 19.5 Å². The summed E-state index contributed by atoms with van der Waals surface area (Å²) >= 11 is 1.48. The van der Waals surface area contributed by atoms with E-state index in [-0.39, 0.29) is 23.3 Å². The first-order chi connectivity index (χ1) is 14.6. The second-order valence-electron chi connectivity index (χ2n) is 7.32. The van der Waals surface area contributed by atoms with Crippen molar-refractivity contribution in [3.8, 4) is 0 Å². The molecule has 2 N–H and O–H groups in total. The average Bonchev–Trinajstić information content (AvgIpc) is 3.37. The van der Waals surface area contributed by atoms with E-state index in [9.17, 15) is 22.8 Å². The van der Waals surface area contributed by atoms with Gasteiger partial charge in [-0.15, -0.1) is 11.3 Å². The molecule has 4 heterocycles. The molecule has 1 unspecified atom stereocenters. The molecule has 2 saturated heterocycles. The molecule has 7 nitrogen and oxygen atoms in total. The summed E-state index contributed by atoms with van der Waals surface area (Å²) in [6.45, 7) is 1.35. The molecule has 0 saturated carbocycles. The van der Waals surface area contributed by atoms with E-state index in [1.165, 1.54) is 11.3 Å². The van der Waals surface area contributed by atoms with Crippen LogP contribution in [0.25, 0.3) is 0 Å². The second kappa shape index (κ2) is 9.04. The third kappa shape index (κ3) is 5.22. The summed E-state index contributed by atoms with van der Waals surface area (Å²) in [5, 5.41) is 12.3. The van der Waals surface area contributed by atoms with Gasteiger partial charge in [-0.2, -0.15) is 13.2 Å². The number of thiophene rings is 1. The first-order valence-corrected chi connectivity index (χ1v) is 10.3. The molecule has 2 amide bonds. The summed E-state index contributed by atoms with van der Waals surface area (Å²) in [4.78, 5) is 40.4. The van der Waals surface area contributed by atoms with Crippen molar-refractivity contribution >= 4 is 29.1 Å². The lowest BCUT2D eigenvalue weighted by molar-refractivity contribution is -0.192. The molecular formula is C20H20F3N3O4S. The third-order valence-electron chi connectivity index (χ3n) is 5.45. The lowest BCUT2D eigenvalue weighted by Crippen LogP contribution is -2.54. The number of carbonyl (C=O) groups is 3. The molecule has 11 heteroatoms. The van der Waals surface area contributed by atoms with Gasteiger partial charge in [-0.25, -0.2) is 4.79 Å². The number of aromatic nitrogens is 1. The molecule has 1 atom stereocenters. The number of nitrogens with one attached hydrogen (secondary N) is 1. The minimum absolute atomic E-state index is 0.0990. The number of piperidine rings is 1. The Labute approximate surface area is 179 Å². The van der Waals surface area contributed by atoms with E-state index < -0.39 is 12.1 Å². The third-order valence-corrected chi connectivity index (χ3v) is 6.31. The van der Waals surface area contributed by atoms with Gasteiger partial charge in [0.2, 0.25) is 5.91 Å². The molecule has 31 heavy (non-hydrogen) atoms. The van der Waals surface area contributed by atoms with Crippen LogP contribution >= 0.6 is 11.3 Å². The summed E-state index contributed by atoms with van der Waals surface area (Å²) < 4.78 is 31.7. The van der Waals surface area contributed by atoms with Crippen LogP contribution in [0.3, 0.4) is 0 Å². The van der Waals surface area contributed by atoms with Crippen molar-refractivity contribution in [2.24, 2.45) is 0 Å². The Hall–Kier alpha value is -2.95. The maximum atomic E-state index is 12.5. The van der Waals surface area contributed by atoms with E-state index in [0.717, 1.165) is 23.3 Å². The number of aliphatic carboxylic acids is 1. The van der Waals surface area contributed by atoms with E-state index >= 15 is 0 Å². The molecule has 166 valence electrons. The van der Waals surface area contributed by atoms with E-state index in [1.54, 1.807) is 6.20 Å². The summed E-state index contributed by atoms with van der Waals surface area (Å²) in [6.07, 6.45) is 0.605. The van der Waals surface area contributed by atoms with Crippen LogP contribution in [0.1, 0.15) is 40.4 Å². The van der Waals surface area contributed by atoms with Crippen molar-refractivity contribution in [3.05, 3.63) is 52.5 Å². The molecule has 1 spiro atoms. The number of carboxylic acids is 1. The van der Waals surface area contributed by atoms with Gasteiger partial charge in [-0.3, -0.25) is 14.6 Å². The van der Waals surface area contributed by atoms with Crippen LogP contribution in [0.5, 0.6) is 0 Å². The van der Waals surface area contributed by atoms with Crippen molar-refractivity contribution in [2.45, 2.75) is 36.9 Å². The van der Waals surface area contributed by atoms with Crippen molar-refractivity contribution in [2.75, 3.05) is 13.1 Å². The molecule has 4 rings (SSSR count). The van der Waals surface area contributed by atoms with Crippen molar-refractivity contribution < 1.29 is 32.7 Å². The Kier molecular flexibility index (Phi) is 6.63. The number of halogens is 3. The van der Waals surface area contributed by atoms with Crippen LogP contribution < -0.4 is 5.32 Å². The average molecular weight is 455 g/mol. The number of rotatable bonds is 2. The number of hydrogen-bond acceptors (Lipinski definition) is 5. The smallest absolute Gasteiger partial charge is 0.475 e. The van der Waals surface area contributed by atoms with Gasteiger partial charge in [0.05, 0.1) is 10.4 Å². The Bertz CT molecular complexity index is 927. The number of likely N-dealkylation sites (tertiary alicyclic amines) is 1. The molecular weight excluding hydrogens is 435 g/mol. The fourth-order valence-corrected chi connectivity index (χ4v) is 4.64. The predicted molar refractivity (Wildman–Crippen MR) is 106 cm³/mol. The van der Waals surface area contributed by atoms with Gasteiger partial charge in [0.25, 0.3) is 5.91 Å². The Morgan fingerprint density at radius 2 is 1.90 bits per heavy atom. The molecule has 2 fully saturated rings. The molecule has 0 bridgehead atoms. The zero-order valence-corrected chi connectivity index (χ0v) is 17.1. The topological polar surface area (TPSA) is 99.6 Å². The Morgan fingerprint density at radius 1 is 1.23 bits per heavy atom. The van der Waals surface area contributed by atoms with Gasteiger partial charge < -0.3 is 15.3 Å². The fourth-order valence-electron chi connectivity index (χ4n) is 3.95. The van der Waals surface area contributed by atoms with Crippen molar-refractivity contribution in [3.63, 3.8) is 0 Å². The minimum atomic E-state index is -5.08. The molecule has 2 aromatic rings. The monoisotopic (exact) mass is 455 g/mol. The molecule has 0 aliphatic carbocycles. The Balaban J connectivity index is 0.000000339. The van der Waals surface area contributed by atoms with Gasteiger partial charge in [0.1, 0.15) is 0 Å². The summed E-state index contributed by atoms with van der Waals surface area (Å²) in [5.41, 5.74) is 0.862. The molecule has 2 aliphatic rings. The highest BCUT2D eigenvalue weighted by Gasteiger charge is 2.49. The van der Waals surface area contributed by atoms with Crippen LogP contribution in [-0.2, 0) is 9.59 Å². The van der Waals surface area contributed by atoms with Crippen molar-refractivity contribution in [1.82, 2.24) is 15.2 Å². The second-order valence-corrected chi connectivity index (χ2v) is 8.27. The number of carboxylic acid groups (broad SMARTS) is 1. The van der Waals surface area contributed by atoms with Gasteiger partial charge in [0.15, 0.2) is 0 Å². The maximum absolute atomic E-state index is 12.5. The predicted octanol–water partition coefficient (Wildman–Crippen LogP) is 3.05. The number of carbonyl (C=O) groups excluding carboxylic acids is 2. The minimum Gasteiger partial charge on any atom is -0.475 e. The number of nitrogens with zero attached hydrogens (tertiary/aromatic N) is 2. The maximum Gasteiger partial charge on any atom is 0.490 e. The Morgan fingerprint density at radius 3 is 2.42 bits per heavy atom. The lowest BCUT2D eigenvalue weighted by Gasteiger charge is -2.42.